The van der Waals surface area contributed by atoms with Gasteiger partial charge in [-0.1, -0.05) is 0 Å². The molecule has 0 aliphatic carbocycles. The molecule has 0 aromatic heterocycles. The van der Waals surface area contributed by atoms with Gasteiger partial charge >= 0.3 is 0 Å². The normalized spacial score (nSPS) is 8.00. The van der Waals surface area contributed by atoms with Gasteiger partial charge in [0.1, 0.15) is 0 Å². The van der Waals surface area contributed by atoms with Crippen molar-refractivity contribution in [3.8, 4) is 0 Å². The smallest absolute Gasteiger partial charge is 0.00476 e. The standard InChI is InChI=1S/C5H10N2/c6-4-2-1-3-5-7/h4-7H,1-3H2. The fraction of sp³-hybridized carbons (Fsp3) is 0.600. The van der Waals surface area contributed by atoms with Crippen LogP contribution in [0.5, 0.6) is 0 Å². The van der Waals surface area contributed by atoms with Crippen LogP contribution in [0.25, 0.3) is 0 Å². The van der Waals surface area contributed by atoms with E-state index in [4.69, 9.17) is 10.8 Å². The van der Waals surface area contributed by atoms with Gasteiger partial charge in [-0.2, -0.15) is 0 Å². The zero-order valence-electron chi connectivity index (χ0n) is 4.28. The quantitative estimate of drug-likeness (QED) is 0.395. The summed E-state index contributed by atoms with van der Waals surface area (Å²) < 4.78 is 0. The molecule has 0 aliphatic heterocycles. The number of rotatable bonds is 4. The van der Waals surface area contributed by atoms with Crippen molar-refractivity contribution in [1.82, 2.24) is 0 Å². The Morgan fingerprint density at radius 3 is 1.71 bits per heavy atom. The molecule has 7 heavy (non-hydrogen) atoms. The van der Waals surface area contributed by atoms with Crippen LogP contribution in [-0.2, 0) is 0 Å². The Hall–Kier alpha value is -0.660. The largest absolute Gasteiger partial charge is 0.313 e. The average molecular weight is 98.1 g/mol. The van der Waals surface area contributed by atoms with Crippen LogP contribution in [0, 0.1) is 10.8 Å². The van der Waals surface area contributed by atoms with Crippen LogP contribution < -0.4 is 0 Å². The van der Waals surface area contributed by atoms with E-state index < -0.39 is 0 Å². The molecule has 0 fully saturated rings. The first-order chi connectivity index (χ1) is 3.41. The topological polar surface area (TPSA) is 47.7 Å². The van der Waals surface area contributed by atoms with Crippen LogP contribution in [0.2, 0.25) is 0 Å². The molecule has 0 bridgehead atoms. The molecule has 0 atom stereocenters. The molecular formula is C5H10N2. The molecule has 0 unspecified atom stereocenters. The van der Waals surface area contributed by atoms with Crippen LogP contribution in [0.15, 0.2) is 0 Å². The van der Waals surface area contributed by atoms with Gasteiger partial charge in [0.15, 0.2) is 0 Å². The van der Waals surface area contributed by atoms with Crippen LogP contribution in [0.3, 0.4) is 0 Å². The highest BCUT2D eigenvalue weighted by atomic mass is 14.3. The van der Waals surface area contributed by atoms with E-state index in [-0.39, 0.29) is 0 Å². The van der Waals surface area contributed by atoms with E-state index in [0.29, 0.717) is 0 Å². The fourth-order valence-corrected chi connectivity index (χ4v) is 0.322. The molecular weight excluding hydrogens is 88.1 g/mol. The predicted molar refractivity (Wildman–Crippen MR) is 31.4 cm³/mol. The lowest BCUT2D eigenvalue weighted by Crippen LogP contribution is -1.75. The maximum Gasteiger partial charge on any atom is -0.00476 e. The lowest BCUT2D eigenvalue weighted by molar-refractivity contribution is 0.938. The van der Waals surface area contributed by atoms with E-state index in [0.717, 1.165) is 19.3 Å². The lowest BCUT2D eigenvalue weighted by atomic mass is 10.3. The van der Waals surface area contributed by atoms with Crippen molar-refractivity contribution in [2.75, 3.05) is 0 Å². The average Bonchev–Trinajstić information content (AvgIpc) is 1.69. The van der Waals surface area contributed by atoms with E-state index in [2.05, 4.69) is 0 Å². The SMILES string of the molecule is N=CCCCC=N. The summed E-state index contributed by atoms with van der Waals surface area (Å²) in [6, 6.07) is 0. The van der Waals surface area contributed by atoms with E-state index >= 15 is 0 Å². The van der Waals surface area contributed by atoms with Crippen LogP contribution in [0.1, 0.15) is 19.3 Å². The molecule has 0 radical (unpaired) electrons. The highest BCUT2D eigenvalue weighted by Gasteiger charge is 1.76. The van der Waals surface area contributed by atoms with E-state index in [1.54, 1.807) is 0 Å². The Balaban J connectivity index is 2.68. The molecule has 0 rings (SSSR count). The first-order valence-corrected chi connectivity index (χ1v) is 2.39. The summed E-state index contributed by atoms with van der Waals surface area (Å²) in [5, 5.41) is 13.2. The van der Waals surface area contributed by atoms with Crippen LogP contribution >= 0.6 is 0 Å². The monoisotopic (exact) mass is 98.1 g/mol. The van der Waals surface area contributed by atoms with Crippen molar-refractivity contribution in [2.24, 2.45) is 0 Å². The van der Waals surface area contributed by atoms with Gasteiger partial charge in [0.05, 0.1) is 0 Å². The minimum absolute atomic E-state index is 0.815. The van der Waals surface area contributed by atoms with Crippen LogP contribution in [-0.4, -0.2) is 12.4 Å². The Labute approximate surface area is 43.6 Å². The zero-order chi connectivity index (χ0) is 5.54. The van der Waals surface area contributed by atoms with Crippen LogP contribution in [0.4, 0.5) is 0 Å². The number of nitrogens with one attached hydrogen (secondary N) is 2. The van der Waals surface area contributed by atoms with Gasteiger partial charge in [0.2, 0.25) is 0 Å². The third-order valence-corrected chi connectivity index (χ3v) is 0.697. The Morgan fingerprint density at radius 1 is 1.00 bits per heavy atom. The van der Waals surface area contributed by atoms with Crippen molar-refractivity contribution in [1.29, 1.82) is 10.8 Å². The molecule has 40 valence electrons. The summed E-state index contributed by atoms with van der Waals surface area (Å²) in [5.74, 6) is 0. The molecule has 0 saturated carbocycles. The Kier molecular flexibility index (Phi) is 4.84. The minimum Gasteiger partial charge on any atom is -0.313 e. The van der Waals surface area contributed by atoms with Crippen molar-refractivity contribution in [3.05, 3.63) is 0 Å². The molecule has 2 nitrogen and oxygen atoms in total. The maximum absolute atomic E-state index is 6.58. The number of unbranched alkanes of at least 4 members (excludes halogenated alkanes) is 2. The highest BCUT2D eigenvalue weighted by molar-refractivity contribution is 5.56. The van der Waals surface area contributed by atoms with E-state index in [1.807, 2.05) is 0 Å². The summed E-state index contributed by atoms with van der Waals surface area (Å²) in [7, 11) is 0. The van der Waals surface area contributed by atoms with Crippen molar-refractivity contribution in [2.45, 2.75) is 19.3 Å². The molecule has 0 aromatic carbocycles. The first kappa shape index (κ1) is 6.34. The van der Waals surface area contributed by atoms with Gasteiger partial charge in [0.25, 0.3) is 0 Å². The molecule has 0 aliphatic rings. The minimum atomic E-state index is 0.815. The van der Waals surface area contributed by atoms with Crippen molar-refractivity contribution in [3.63, 3.8) is 0 Å². The second-order valence-electron chi connectivity index (χ2n) is 1.34. The molecule has 0 heterocycles. The van der Waals surface area contributed by atoms with Gasteiger partial charge in [-0.25, -0.2) is 0 Å². The lowest BCUT2D eigenvalue weighted by Gasteiger charge is -1.82. The Morgan fingerprint density at radius 2 is 1.43 bits per heavy atom. The molecule has 0 amide bonds. The predicted octanol–water partition coefficient (Wildman–Crippen LogP) is 1.46. The summed E-state index contributed by atoms with van der Waals surface area (Å²) in [5.41, 5.74) is 0. The van der Waals surface area contributed by atoms with E-state index in [1.165, 1.54) is 12.4 Å². The molecule has 0 saturated heterocycles. The van der Waals surface area contributed by atoms with Crippen molar-refractivity contribution >= 4 is 12.4 Å². The van der Waals surface area contributed by atoms with Gasteiger partial charge in [0, 0.05) is 0 Å². The number of hydrogen-bond donors (Lipinski definition) is 2. The maximum atomic E-state index is 6.58. The first-order valence-electron chi connectivity index (χ1n) is 2.39. The molecule has 0 spiro atoms. The van der Waals surface area contributed by atoms with Crippen molar-refractivity contribution < 1.29 is 0 Å². The highest BCUT2D eigenvalue weighted by Crippen LogP contribution is 1.86. The van der Waals surface area contributed by atoms with Gasteiger partial charge < -0.3 is 10.8 Å². The molecule has 2 heteroatoms. The van der Waals surface area contributed by atoms with Gasteiger partial charge in [-0.3, -0.25) is 0 Å². The molecule has 2 N–H and O–H groups in total. The summed E-state index contributed by atoms with van der Waals surface area (Å²) in [6.07, 6.45) is 5.34. The number of hydrogen-bond acceptors (Lipinski definition) is 2. The fourth-order valence-electron chi connectivity index (χ4n) is 0.322. The third-order valence-electron chi connectivity index (χ3n) is 0.697. The Bertz CT molecular complexity index is 51.1. The zero-order valence-corrected chi connectivity index (χ0v) is 4.28. The summed E-state index contributed by atoms with van der Waals surface area (Å²) >= 11 is 0. The second-order valence-corrected chi connectivity index (χ2v) is 1.34. The molecule has 0 aromatic rings. The summed E-state index contributed by atoms with van der Waals surface area (Å²) in [4.78, 5) is 0. The third kappa shape index (κ3) is 5.34. The summed E-state index contributed by atoms with van der Waals surface area (Å²) in [6.45, 7) is 0. The van der Waals surface area contributed by atoms with Gasteiger partial charge in [-0.05, 0) is 31.7 Å². The second kappa shape index (κ2) is 5.34. The van der Waals surface area contributed by atoms with E-state index in [9.17, 15) is 0 Å². The van der Waals surface area contributed by atoms with Gasteiger partial charge in [-0.15, -0.1) is 0 Å².